The number of nitrogens with zero attached hydrogens (tertiary/aromatic N) is 2. The molecule has 1 rings (SSSR count). The highest BCUT2D eigenvalue weighted by atomic mass is 19.2. The number of hydrogen-bond acceptors (Lipinski definition) is 3. The minimum absolute atomic E-state index is 0.0225. The summed E-state index contributed by atoms with van der Waals surface area (Å²) in [6, 6.07) is 2.84. The van der Waals surface area contributed by atoms with Gasteiger partial charge in [-0.3, -0.25) is 4.79 Å². The first-order valence-corrected chi connectivity index (χ1v) is 5.46. The van der Waals surface area contributed by atoms with Crippen LogP contribution in [0.25, 0.3) is 0 Å². The van der Waals surface area contributed by atoms with Gasteiger partial charge in [0.05, 0.1) is 12.2 Å². The monoisotopic (exact) mass is 257 g/mol. The van der Waals surface area contributed by atoms with Crippen molar-refractivity contribution < 1.29 is 13.6 Å². The molecule has 0 fully saturated rings. The predicted octanol–water partition coefficient (Wildman–Crippen LogP) is 0.948. The van der Waals surface area contributed by atoms with Crippen LogP contribution in [-0.4, -0.2) is 38.5 Å². The molecule has 1 aromatic carbocycles. The molecule has 0 aliphatic rings. The van der Waals surface area contributed by atoms with E-state index in [1.165, 1.54) is 29.0 Å². The van der Waals surface area contributed by atoms with Gasteiger partial charge in [-0.2, -0.15) is 0 Å². The Bertz CT molecular complexity index is 449. The first-order valence-electron chi connectivity index (χ1n) is 5.46. The van der Waals surface area contributed by atoms with Crippen molar-refractivity contribution in [1.29, 1.82) is 0 Å². The van der Waals surface area contributed by atoms with Crippen LogP contribution in [0.5, 0.6) is 0 Å². The van der Waals surface area contributed by atoms with E-state index in [0.717, 1.165) is 0 Å². The molecule has 0 heterocycles. The maximum Gasteiger partial charge on any atom is 0.241 e. The molecular weight excluding hydrogens is 240 g/mol. The standard InChI is InChI=1S/C12H17F2N3O/c1-16(2)10(18)7-17(3)9-5-4-8(6-15)11(13)12(9)14/h4-5H,6-7,15H2,1-3H3. The van der Waals surface area contributed by atoms with Gasteiger partial charge in [0.15, 0.2) is 11.6 Å². The zero-order valence-electron chi connectivity index (χ0n) is 10.7. The number of hydrogen-bond donors (Lipinski definition) is 1. The maximum absolute atomic E-state index is 13.8. The van der Waals surface area contributed by atoms with Crippen LogP contribution in [0.1, 0.15) is 5.56 Å². The lowest BCUT2D eigenvalue weighted by atomic mass is 10.1. The quantitative estimate of drug-likeness (QED) is 0.873. The first kappa shape index (κ1) is 14.4. The molecule has 0 atom stereocenters. The second kappa shape index (κ2) is 5.77. The molecule has 1 aromatic rings. The average Bonchev–Trinajstić information content (AvgIpc) is 2.32. The van der Waals surface area contributed by atoms with E-state index < -0.39 is 11.6 Å². The summed E-state index contributed by atoms with van der Waals surface area (Å²) in [4.78, 5) is 14.2. The van der Waals surface area contributed by atoms with Gasteiger partial charge < -0.3 is 15.5 Å². The minimum Gasteiger partial charge on any atom is -0.363 e. The van der Waals surface area contributed by atoms with Crippen LogP contribution in [0.2, 0.25) is 0 Å². The molecule has 0 aliphatic carbocycles. The average molecular weight is 257 g/mol. The number of amides is 1. The summed E-state index contributed by atoms with van der Waals surface area (Å²) in [6.45, 7) is -0.0886. The van der Waals surface area contributed by atoms with Crippen molar-refractivity contribution in [2.24, 2.45) is 5.73 Å². The Labute approximate surface area is 105 Å². The molecule has 18 heavy (non-hydrogen) atoms. The summed E-state index contributed by atoms with van der Waals surface area (Å²) < 4.78 is 27.3. The van der Waals surface area contributed by atoms with Crippen molar-refractivity contribution in [2.45, 2.75) is 6.54 Å². The molecule has 0 saturated carbocycles. The largest absolute Gasteiger partial charge is 0.363 e. The summed E-state index contributed by atoms with van der Waals surface area (Å²) in [5.74, 6) is -2.13. The molecular formula is C12H17F2N3O. The van der Waals surface area contributed by atoms with Gasteiger partial charge in [-0.25, -0.2) is 8.78 Å². The van der Waals surface area contributed by atoms with E-state index in [9.17, 15) is 13.6 Å². The molecule has 0 bridgehead atoms. The van der Waals surface area contributed by atoms with E-state index >= 15 is 0 Å². The van der Waals surface area contributed by atoms with Crippen LogP contribution < -0.4 is 10.6 Å². The van der Waals surface area contributed by atoms with Gasteiger partial charge in [-0.05, 0) is 6.07 Å². The van der Waals surface area contributed by atoms with Gasteiger partial charge in [-0.1, -0.05) is 6.07 Å². The topological polar surface area (TPSA) is 49.6 Å². The summed E-state index contributed by atoms with van der Waals surface area (Å²) in [7, 11) is 4.73. The maximum atomic E-state index is 13.8. The second-order valence-corrected chi connectivity index (χ2v) is 4.22. The lowest BCUT2D eigenvalue weighted by Gasteiger charge is -2.22. The Hall–Kier alpha value is -1.69. The number of halogens is 2. The fraction of sp³-hybridized carbons (Fsp3) is 0.417. The van der Waals surface area contributed by atoms with E-state index in [0.29, 0.717) is 0 Å². The smallest absolute Gasteiger partial charge is 0.241 e. The fourth-order valence-corrected chi connectivity index (χ4v) is 1.46. The SMILES string of the molecule is CN(C)C(=O)CN(C)c1ccc(CN)c(F)c1F. The molecule has 0 spiro atoms. The zero-order chi connectivity index (χ0) is 13.9. The summed E-state index contributed by atoms with van der Waals surface area (Å²) in [6.07, 6.45) is 0. The number of nitrogens with two attached hydrogens (primary N) is 1. The van der Waals surface area contributed by atoms with Gasteiger partial charge in [0.2, 0.25) is 5.91 Å². The van der Waals surface area contributed by atoms with Crippen molar-refractivity contribution in [3.8, 4) is 0 Å². The highest BCUT2D eigenvalue weighted by molar-refractivity contribution is 5.80. The van der Waals surface area contributed by atoms with E-state index in [1.54, 1.807) is 14.1 Å². The van der Waals surface area contributed by atoms with Gasteiger partial charge in [0, 0.05) is 33.3 Å². The number of benzene rings is 1. The molecule has 1 amide bonds. The number of carbonyl (C=O) groups excluding carboxylic acids is 1. The van der Waals surface area contributed by atoms with Gasteiger partial charge in [-0.15, -0.1) is 0 Å². The van der Waals surface area contributed by atoms with Crippen molar-refractivity contribution >= 4 is 11.6 Å². The summed E-state index contributed by atoms with van der Waals surface area (Å²) in [5, 5.41) is 0. The Morgan fingerprint density at radius 3 is 2.33 bits per heavy atom. The van der Waals surface area contributed by atoms with E-state index in [1.807, 2.05) is 0 Å². The third kappa shape index (κ3) is 2.95. The first-order chi connectivity index (χ1) is 8.38. The third-order valence-corrected chi connectivity index (χ3v) is 2.64. The highest BCUT2D eigenvalue weighted by Crippen LogP contribution is 2.23. The molecule has 4 nitrogen and oxygen atoms in total. The van der Waals surface area contributed by atoms with Crippen LogP contribution >= 0.6 is 0 Å². The van der Waals surface area contributed by atoms with Crippen LogP contribution in [0.4, 0.5) is 14.5 Å². The number of rotatable bonds is 4. The fourth-order valence-electron chi connectivity index (χ4n) is 1.46. The number of anilines is 1. The molecule has 100 valence electrons. The minimum atomic E-state index is -0.980. The zero-order valence-corrected chi connectivity index (χ0v) is 10.7. The molecule has 6 heteroatoms. The summed E-state index contributed by atoms with van der Waals surface area (Å²) in [5.41, 5.74) is 5.44. The van der Waals surface area contributed by atoms with Crippen molar-refractivity contribution in [3.63, 3.8) is 0 Å². The van der Waals surface area contributed by atoms with E-state index in [4.69, 9.17) is 5.73 Å². The number of likely N-dealkylation sites (N-methyl/N-ethyl adjacent to an activating group) is 2. The molecule has 2 N–H and O–H groups in total. The molecule has 0 saturated heterocycles. The normalized spacial score (nSPS) is 10.3. The lowest BCUT2D eigenvalue weighted by molar-refractivity contribution is -0.127. The Kier molecular flexibility index (Phi) is 4.61. The van der Waals surface area contributed by atoms with Crippen LogP contribution in [0.15, 0.2) is 12.1 Å². The molecule has 0 aliphatic heterocycles. The van der Waals surface area contributed by atoms with Crippen molar-refractivity contribution in [2.75, 3.05) is 32.6 Å². The van der Waals surface area contributed by atoms with Crippen LogP contribution in [-0.2, 0) is 11.3 Å². The second-order valence-electron chi connectivity index (χ2n) is 4.22. The predicted molar refractivity (Wildman–Crippen MR) is 66.2 cm³/mol. The van der Waals surface area contributed by atoms with E-state index in [2.05, 4.69) is 0 Å². The van der Waals surface area contributed by atoms with Gasteiger partial charge >= 0.3 is 0 Å². The highest BCUT2D eigenvalue weighted by Gasteiger charge is 2.17. The number of carbonyl (C=O) groups is 1. The molecule has 0 radical (unpaired) electrons. The van der Waals surface area contributed by atoms with Gasteiger partial charge in [0.25, 0.3) is 0 Å². The van der Waals surface area contributed by atoms with Crippen molar-refractivity contribution in [3.05, 3.63) is 29.3 Å². The Morgan fingerprint density at radius 1 is 1.22 bits per heavy atom. The van der Waals surface area contributed by atoms with Crippen LogP contribution in [0.3, 0.4) is 0 Å². The van der Waals surface area contributed by atoms with Gasteiger partial charge in [0.1, 0.15) is 0 Å². The third-order valence-electron chi connectivity index (χ3n) is 2.64. The summed E-state index contributed by atoms with van der Waals surface area (Å²) >= 11 is 0. The van der Waals surface area contributed by atoms with Crippen molar-refractivity contribution in [1.82, 2.24) is 4.90 Å². The Morgan fingerprint density at radius 2 is 1.83 bits per heavy atom. The lowest BCUT2D eigenvalue weighted by Crippen LogP contribution is -2.34. The van der Waals surface area contributed by atoms with E-state index in [-0.39, 0.29) is 30.2 Å². The Balaban J connectivity index is 2.97. The van der Waals surface area contributed by atoms with Crippen LogP contribution in [0, 0.1) is 11.6 Å². The molecule has 0 unspecified atom stereocenters. The molecule has 0 aromatic heterocycles.